The Balaban J connectivity index is 1.19. The quantitative estimate of drug-likeness (QED) is 0.0816. The fraction of sp³-hybridized carbons (Fsp3) is 0.421. The number of hydrogen-bond acceptors (Lipinski definition) is 8. The van der Waals surface area contributed by atoms with E-state index < -0.39 is 11.7 Å². The number of ether oxygens (including phenoxy) is 4. The topological polar surface area (TPSA) is 141 Å². The molecular weight excluding hydrogens is 626 g/mol. The molecule has 3 rings (SSSR count). The second-order valence-electron chi connectivity index (χ2n) is 12.5. The first-order chi connectivity index (χ1) is 23.6. The number of carbonyl (C=O) groups excluding carboxylic acids is 4. The minimum absolute atomic E-state index is 0.0229. The predicted molar refractivity (Wildman–Crippen MR) is 190 cm³/mol. The number of anilines is 3. The van der Waals surface area contributed by atoms with Crippen LogP contribution in [0.15, 0.2) is 78.9 Å². The fourth-order valence-electron chi connectivity index (χ4n) is 4.60. The van der Waals surface area contributed by atoms with Crippen molar-refractivity contribution in [2.75, 3.05) is 42.4 Å². The van der Waals surface area contributed by atoms with Crippen molar-refractivity contribution in [3.63, 3.8) is 0 Å². The molecular formula is C38H49N3O8. The summed E-state index contributed by atoms with van der Waals surface area (Å²) in [5.41, 5.74) is 2.05. The van der Waals surface area contributed by atoms with Crippen LogP contribution in [0.4, 0.5) is 21.9 Å². The molecule has 3 amide bonds. The molecule has 0 fully saturated rings. The molecule has 0 spiro atoms. The number of amides is 3. The molecule has 0 aromatic heterocycles. The Labute approximate surface area is 289 Å². The molecule has 0 saturated heterocycles. The zero-order valence-corrected chi connectivity index (χ0v) is 28.8. The highest BCUT2D eigenvalue weighted by Gasteiger charge is 2.18. The largest absolute Gasteiger partial charge is 0.459 e. The van der Waals surface area contributed by atoms with Crippen molar-refractivity contribution in [3.8, 4) is 0 Å². The molecule has 0 unspecified atom stereocenters. The van der Waals surface area contributed by atoms with E-state index in [-0.39, 0.29) is 37.6 Å². The maximum Gasteiger partial charge on any atom is 0.412 e. The number of carbonyl (C=O) groups is 4. The summed E-state index contributed by atoms with van der Waals surface area (Å²) < 4.78 is 21.4. The molecule has 0 aliphatic rings. The van der Waals surface area contributed by atoms with Gasteiger partial charge in [-0.3, -0.25) is 14.9 Å². The van der Waals surface area contributed by atoms with Gasteiger partial charge in [-0.2, -0.15) is 0 Å². The van der Waals surface area contributed by atoms with E-state index in [1.54, 1.807) is 69.3 Å². The zero-order chi connectivity index (χ0) is 35.3. The average molecular weight is 676 g/mol. The average Bonchev–Trinajstić information content (AvgIpc) is 3.06. The van der Waals surface area contributed by atoms with E-state index in [4.69, 9.17) is 18.9 Å². The van der Waals surface area contributed by atoms with E-state index in [1.165, 1.54) is 0 Å². The van der Waals surface area contributed by atoms with Gasteiger partial charge in [-0.15, -0.1) is 0 Å². The van der Waals surface area contributed by atoms with Crippen molar-refractivity contribution >= 4 is 40.9 Å². The van der Waals surface area contributed by atoms with Crippen molar-refractivity contribution in [2.45, 2.75) is 77.9 Å². The standard InChI is InChI=1S/C38H49N3O8/c1-38(2,3)49-37(45)41-33-19-13-12-18-32(33)40-36(44)30-20-22-31(23-21-30)39-34(42)27-46-24-14-7-5-4-6-8-15-25-47-28-35(43)48-26-29-16-10-9-11-17-29/h9-13,16-23H,4-8,14-15,24-28H2,1-3H3,(H,39,42)(H,40,44)(H,41,45). The summed E-state index contributed by atoms with van der Waals surface area (Å²) >= 11 is 0. The summed E-state index contributed by atoms with van der Waals surface area (Å²) in [6.45, 7) is 6.54. The number of nitrogens with one attached hydrogen (secondary N) is 3. The molecule has 3 aromatic carbocycles. The minimum Gasteiger partial charge on any atom is -0.459 e. The van der Waals surface area contributed by atoms with Crippen molar-refractivity contribution < 1.29 is 38.1 Å². The van der Waals surface area contributed by atoms with E-state index in [9.17, 15) is 19.2 Å². The van der Waals surface area contributed by atoms with Crippen LogP contribution in [-0.2, 0) is 35.1 Å². The summed E-state index contributed by atoms with van der Waals surface area (Å²) in [5, 5.41) is 8.23. The number of hydrogen-bond donors (Lipinski definition) is 3. The van der Waals surface area contributed by atoms with E-state index in [0.29, 0.717) is 35.8 Å². The molecule has 3 N–H and O–H groups in total. The lowest BCUT2D eigenvalue weighted by molar-refractivity contribution is -0.150. The molecule has 0 atom stereocenters. The van der Waals surface area contributed by atoms with Gasteiger partial charge in [0, 0.05) is 24.5 Å². The van der Waals surface area contributed by atoms with Gasteiger partial charge in [0.2, 0.25) is 5.91 Å². The third kappa shape index (κ3) is 16.8. The van der Waals surface area contributed by atoms with Gasteiger partial charge >= 0.3 is 12.1 Å². The first-order valence-corrected chi connectivity index (χ1v) is 16.7. The molecule has 0 aliphatic carbocycles. The van der Waals surface area contributed by atoms with Crippen LogP contribution < -0.4 is 16.0 Å². The third-order valence-corrected chi connectivity index (χ3v) is 7.01. The number of rotatable bonds is 20. The minimum atomic E-state index is -0.657. The van der Waals surface area contributed by atoms with Crippen molar-refractivity contribution in [2.24, 2.45) is 0 Å². The first-order valence-electron chi connectivity index (χ1n) is 16.7. The van der Waals surface area contributed by atoms with Gasteiger partial charge in [-0.1, -0.05) is 74.6 Å². The number of para-hydroxylation sites is 2. The van der Waals surface area contributed by atoms with Crippen LogP contribution in [-0.4, -0.2) is 55.9 Å². The Morgan fingerprint density at radius 1 is 0.612 bits per heavy atom. The molecule has 0 radical (unpaired) electrons. The van der Waals surface area contributed by atoms with Gasteiger partial charge in [0.15, 0.2) is 0 Å². The number of unbranched alkanes of at least 4 members (excludes halogenated alkanes) is 6. The van der Waals surface area contributed by atoms with Gasteiger partial charge < -0.3 is 29.6 Å². The van der Waals surface area contributed by atoms with Crippen molar-refractivity contribution in [3.05, 3.63) is 90.0 Å². The van der Waals surface area contributed by atoms with Gasteiger partial charge in [0.25, 0.3) is 5.91 Å². The highest BCUT2D eigenvalue weighted by atomic mass is 16.6. The lowest BCUT2D eigenvalue weighted by atomic mass is 10.1. The van der Waals surface area contributed by atoms with Crippen LogP contribution in [0.1, 0.15) is 81.6 Å². The molecule has 11 heteroatoms. The molecule has 264 valence electrons. The Morgan fingerprint density at radius 3 is 1.78 bits per heavy atom. The Morgan fingerprint density at radius 2 is 1.16 bits per heavy atom. The maximum atomic E-state index is 12.8. The van der Waals surface area contributed by atoms with Crippen LogP contribution in [0, 0.1) is 0 Å². The molecule has 0 saturated carbocycles. The summed E-state index contributed by atoms with van der Waals surface area (Å²) in [6.07, 6.45) is 6.53. The van der Waals surface area contributed by atoms with Crippen LogP contribution in [0.2, 0.25) is 0 Å². The summed E-state index contributed by atoms with van der Waals surface area (Å²) in [5.74, 6) is -0.996. The van der Waals surface area contributed by atoms with Gasteiger partial charge in [-0.05, 0) is 75.6 Å². The van der Waals surface area contributed by atoms with Crippen LogP contribution in [0.5, 0.6) is 0 Å². The van der Waals surface area contributed by atoms with E-state index in [2.05, 4.69) is 16.0 Å². The van der Waals surface area contributed by atoms with Gasteiger partial charge in [-0.25, -0.2) is 9.59 Å². The molecule has 3 aromatic rings. The Kier molecular flexibility index (Phi) is 16.8. The fourth-order valence-corrected chi connectivity index (χ4v) is 4.60. The van der Waals surface area contributed by atoms with E-state index in [0.717, 1.165) is 50.5 Å². The van der Waals surface area contributed by atoms with Crippen LogP contribution in [0.25, 0.3) is 0 Å². The second kappa shape index (κ2) is 21.3. The molecule has 11 nitrogen and oxygen atoms in total. The normalized spacial score (nSPS) is 11.0. The number of esters is 1. The molecule has 0 aliphatic heterocycles. The third-order valence-electron chi connectivity index (χ3n) is 7.01. The van der Waals surface area contributed by atoms with Crippen LogP contribution in [0.3, 0.4) is 0 Å². The first kappa shape index (κ1) is 38.7. The highest BCUT2D eigenvalue weighted by Crippen LogP contribution is 2.23. The monoisotopic (exact) mass is 675 g/mol. The lowest BCUT2D eigenvalue weighted by Crippen LogP contribution is -2.27. The van der Waals surface area contributed by atoms with Gasteiger partial charge in [0.1, 0.15) is 25.4 Å². The Bertz CT molecular complexity index is 1460. The molecule has 0 heterocycles. The summed E-state index contributed by atoms with van der Waals surface area (Å²) in [6, 6.07) is 22.9. The smallest absolute Gasteiger partial charge is 0.412 e. The molecule has 49 heavy (non-hydrogen) atoms. The lowest BCUT2D eigenvalue weighted by Gasteiger charge is -2.20. The molecule has 0 bridgehead atoms. The van der Waals surface area contributed by atoms with Crippen LogP contribution >= 0.6 is 0 Å². The van der Waals surface area contributed by atoms with Crippen molar-refractivity contribution in [1.29, 1.82) is 0 Å². The summed E-state index contributed by atoms with van der Waals surface area (Å²) in [7, 11) is 0. The highest BCUT2D eigenvalue weighted by molar-refractivity contribution is 6.07. The van der Waals surface area contributed by atoms with Gasteiger partial charge in [0.05, 0.1) is 11.4 Å². The second-order valence-corrected chi connectivity index (χ2v) is 12.5. The predicted octanol–water partition coefficient (Wildman–Crippen LogP) is 7.73. The SMILES string of the molecule is CC(C)(C)OC(=O)Nc1ccccc1NC(=O)c1ccc(NC(=O)COCCCCCCCCCOCC(=O)OCc2ccccc2)cc1. The van der Waals surface area contributed by atoms with E-state index in [1.807, 2.05) is 30.3 Å². The number of benzene rings is 3. The van der Waals surface area contributed by atoms with Crippen molar-refractivity contribution in [1.82, 2.24) is 0 Å². The Hall–Kier alpha value is -4.74. The zero-order valence-electron chi connectivity index (χ0n) is 28.8. The van der Waals surface area contributed by atoms with E-state index >= 15 is 0 Å². The maximum absolute atomic E-state index is 12.8. The summed E-state index contributed by atoms with van der Waals surface area (Å²) in [4.78, 5) is 49.1.